The largest absolute Gasteiger partial charge is 0.494 e. The van der Waals surface area contributed by atoms with E-state index in [1.54, 1.807) is 0 Å². The van der Waals surface area contributed by atoms with Gasteiger partial charge in [-0.3, -0.25) is 4.79 Å². The summed E-state index contributed by atoms with van der Waals surface area (Å²) >= 11 is 0. The summed E-state index contributed by atoms with van der Waals surface area (Å²) in [6, 6.07) is 8.05. The van der Waals surface area contributed by atoms with Crippen LogP contribution < -0.4 is 10.2 Å². The van der Waals surface area contributed by atoms with Gasteiger partial charge in [0.2, 0.25) is 0 Å². The minimum absolute atomic E-state index is 0.113. The number of alkyl halides is 3. The number of halogens is 3. The average molecular weight is 392 g/mol. The summed E-state index contributed by atoms with van der Waals surface area (Å²) < 4.78 is 44.0. The van der Waals surface area contributed by atoms with E-state index in [0.717, 1.165) is 34.6 Å². The third kappa shape index (κ3) is 5.34. The normalized spacial score (nSPS) is 11.9. The smallest absolute Gasteiger partial charge is 0.416 e. The van der Waals surface area contributed by atoms with E-state index < -0.39 is 17.6 Å². The lowest BCUT2D eigenvalue weighted by Gasteiger charge is -2.15. The van der Waals surface area contributed by atoms with Crippen molar-refractivity contribution in [3.05, 3.63) is 64.2 Å². The fourth-order valence-corrected chi connectivity index (χ4v) is 2.65. The van der Waals surface area contributed by atoms with Gasteiger partial charge in [0.05, 0.1) is 18.4 Å². The van der Waals surface area contributed by atoms with Crippen molar-refractivity contribution in [2.75, 3.05) is 6.61 Å². The number of nitrogens with zero attached hydrogens (tertiary/aromatic N) is 1. The highest BCUT2D eigenvalue weighted by molar-refractivity contribution is 5.95. The van der Waals surface area contributed by atoms with E-state index >= 15 is 0 Å². The molecule has 0 atom stereocenters. The average Bonchev–Trinajstić information content (AvgIpc) is 2.62. The number of hydrazone groups is 1. The van der Waals surface area contributed by atoms with Crippen LogP contribution in [0.3, 0.4) is 0 Å². The standard InChI is InChI=1S/C21H23F3N2O2/c1-5-28-19-9-14(4)16(11-18(19)13(2)3)12-25-26-20(27)15-7-6-8-17(10-15)21(22,23)24/h6-13H,5H2,1-4H3,(H,26,27)/b25-12-. The summed E-state index contributed by atoms with van der Waals surface area (Å²) in [6.07, 6.45) is -3.03. The molecule has 1 amide bonds. The first-order chi connectivity index (χ1) is 13.1. The maximum absolute atomic E-state index is 12.8. The van der Waals surface area contributed by atoms with Gasteiger partial charge in [0.25, 0.3) is 5.91 Å². The van der Waals surface area contributed by atoms with Crippen LogP contribution in [-0.2, 0) is 6.18 Å². The van der Waals surface area contributed by atoms with Crippen molar-refractivity contribution in [3.63, 3.8) is 0 Å². The fraction of sp³-hybridized carbons (Fsp3) is 0.333. The van der Waals surface area contributed by atoms with Crippen LogP contribution >= 0.6 is 0 Å². The summed E-state index contributed by atoms with van der Waals surface area (Å²) in [5.74, 6) is 0.323. The lowest BCUT2D eigenvalue weighted by atomic mass is 9.97. The van der Waals surface area contributed by atoms with Gasteiger partial charge in [0, 0.05) is 5.56 Å². The van der Waals surface area contributed by atoms with E-state index in [1.807, 2.05) is 39.8 Å². The van der Waals surface area contributed by atoms with Crippen LogP contribution in [0.1, 0.15) is 59.3 Å². The Labute approximate surface area is 162 Å². The lowest BCUT2D eigenvalue weighted by Crippen LogP contribution is -2.18. The first-order valence-corrected chi connectivity index (χ1v) is 8.91. The van der Waals surface area contributed by atoms with E-state index in [9.17, 15) is 18.0 Å². The number of carbonyl (C=O) groups excluding carboxylic acids is 1. The van der Waals surface area contributed by atoms with Crippen molar-refractivity contribution in [3.8, 4) is 5.75 Å². The molecule has 0 fully saturated rings. The molecule has 0 aliphatic rings. The summed E-state index contributed by atoms with van der Waals surface area (Å²) in [6.45, 7) is 8.45. The number of ether oxygens (including phenoxy) is 1. The number of nitrogens with one attached hydrogen (secondary N) is 1. The highest BCUT2D eigenvalue weighted by atomic mass is 19.4. The summed E-state index contributed by atoms with van der Waals surface area (Å²) in [5, 5.41) is 3.90. The van der Waals surface area contributed by atoms with Gasteiger partial charge >= 0.3 is 6.18 Å². The molecule has 0 heterocycles. The second-order valence-electron chi connectivity index (χ2n) is 6.61. The van der Waals surface area contributed by atoms with Crippen LogP contribution in [0.25, 0.3) is 0 Å². The van der Waals surface area contributed by atoms with Crippen LogP contribution in [-0.4, -0.2) is 18.7 Å². The van der Waals surface area contributed by atoms with Crippen molar-refractivity contribution in [2.24, 2.45) is 5.10 Å². The zero-order valence-corrected chi connectivity index (χ0v) is 16.2. The third-order valence-electron chi connectivity index (χ3n) is 4.14. The van der Waals surface area contributed by atoms with Crippen LogP contribution in [0.2, 0.25) is 0 Å². The first kappa shape index (κ1) is 21.5. The molecule has 7 heteroatoms. The Morgan fingerprint density at radius 2 is 1.96 bits per heavy atom. The minimum Gasteiger partial charge on any atom is -0.494 e. The van der Waals surface area contributed by atoms with E-state index in [4.69, 9.17) is 4.74 Å². The number of hydrogen-bond acceptors (Lipinski definition) is 3. The van der Waals surface area contributed by atoms with Crippen molar-refractivity contribution in [1.82, 2.24) is 5.43 Å². The topological polar surface area (TPSA) is 50.7 Å². The molecule has 0 aliphatic heterocycles. The number of rotatable bonds is 6. The van der Waals surface area contributed by atoms with E-state index in [-0.39, 0.29) is 11.5 Å². The number of hydrogen-bond donors (Lipinski definition) is 1. The molecular weight excluding hydrogens is 369 g/mol. The molecule has 0 aliphatic carbocycles. The van der Waals surface area contributed by atoms with E-state index in [0.29, 0.717) is 6.61 Å². The zero-order valence-electron chi connectivity index (χ0n) is 16.2. The highest BCUT2D eigenvalue weighted by Gasteiger charge is 2.30. The second-order valence-corrected chi connectivity index (χ2v) is 6.61. The van der Waals surface area contributed by atoms with Gasteiger partial charge in [-0.05, 0) is 66.8 Å². The van der Waals surface area contributed by atoms with Gasteiger partial charge in [0.1, 0.15) is 5.75 Å². The Morgan fingerprint density at radius 3 is 2.57 bits per heavy atom. The lowest BCUT2D eigenvalue weighted by molar-refractivity contribution is -0.137. The molecule has 2 aromatic carbocycles. The molecule has 4 nitrogen and oxygen atoms in total. The van der Waals surface area contributed by atoms with Gasteiger partial charge in [-0.15, -0.1) is 0 Å². The molecule has 0 aromatic heterocycles. The Kier molecular flexibility index (Phi) is 6.83. The van der Waals surface area contributed by atoms with Crippen LogP contribution in [0.4, 0.5) is 13.2 Å². The molecule has 0 saturated carbocycles. The third-order valence-corrected chi connectivity index (χ3v) is 4.14. The Morgan fingerprint density at radius 1 is 1.25 bits per heavy atom. The SMILES string of the molecule is CCOc1cc(C)c(/C=N\NC(=O)c2cccc(C(F)(F)F)c2)cc1C(C)C. The molecule has 0 saturated heterocycles. The molecule has 2 rings (SSSR count). The first-order valence-electron chi connectivity index (χ1n) is 8.91. The molecule has 0 unspecified atom stereocenters. The Bertz CT molecular complexity index is 874. The molecule has 1 N–H and O–H groups in total. The van der Waals surface area contributed by atoms with Crippen molar-refractivity contribution >= 4 is 12.1 Å². The second kappa shape index (κ2) is 8.91. The molecule has 0 bridgehead atoms. The molecule has 2 aromatic rings. The summed E-state index contributed by atoms with van der Waals surface area (Å²) in [7, 11) is 0. The van der Waals surface area contributed by atoms with Gasteiger partial charge in [-0.2, -0.15) is 18.3 Å². The number of amides is 1. The van der Waals surface area contributed by atoms with E-state index in [2.05, 4.69) is 10.5 Å². The molecule has 0 spiro atoms. The number of carbonyl (C=O) groups is 1. The summed E-state index contributed by atoms with van der Waals surface area (Å²) in [4.78, 5) is 12.1. The zero-order chi connectivity index (χ0) is 20.9. The van der Waals surface area contributed by atoms with Gasteiger partial charge in [0.15, 0.2) is 0 Å². The highest BCUT2D eigenvalue weighted by Crippen LogP contribution is 2.30. The minimum atomic E-state index is -4.51. The fourth-order valence-electron chi connectivity index (χ4n) is 2.65. The maximum atomic E-state index is 12.8. The Balaban J connectivity index is 2.18. The van der Waals surface area contributed by atoms with Gasteiger partial charge in [-0.25, -0.2) is 5.43 Å². The Hall–Kier alpha value is -2.83. The molecule has 150 valence electrons. The predicted octanol–water partition coefficient (Wildman–Crippen LogP) is 5.30. The molecular formula is C21H23F3N2O2. The van der Waals surface area contributed by atoms with Gasteiger partial charge < -0.3 is 4.74 Å². The van der Waals surface area contributed by atoms with Crippen molar-refractivity contribution in [2.45, 2.75) is 39.8 Å². The van der Waals surface area contributed by atoms with E-state index in [1.165, 1.54) is 18.3 Å². The van der Waals surface area contributed by atoms with Crippen LogP contribution in [0, 0.1) is 6.92 Å². The maximum Gasteiger partial charge on any atom is 0.416 e. The quantitative estimate of drug-likeness (QED) is 0.536. The van der Waals surface area contributed by atoms with Crippen LogP contribution in [0.15, 0.2) is 41.5 Å². The molecule has 28 heavy (non-hydrogen) atoms. The predicted molar refractivity (Wildman–Crippen MR) is 103 cm³/mol. The molecule has 0 radical (unpaired) electrons. The monoisotopic (exact) mass is 392 g/mol. The van der Waals surface area contributed by atoms with Crippen molar-refractivity contribution in [1.29, 1.82) is 0 Å². The summed E-state index contributed by atoms with van der Waals surface area (Å²) in [5.41, 5.74) is 3.99. The van der Waals surface area contributed by atoms with Crippen LogP contribution in [0.5, 0.6) is 5.75 Å². The van der Waals surface area contributed by atoms with Gasteiger partial charge in [-0.1, -0.05) is 19.9 Å². The number of aryl methyl sites for hydroxylation is 1. The van der Waals surface area contributed by atoms with Crippen molar-refractivity contribution < 1.29 is 22.7 Å². The number of benzene rings is 2.